The molecule has 0 fully saturated rings. The summed E-state index contributed by atoms with van der Waals surface area (Å²) < 4.78 is 3.36. The molecule has 0 saturated carbocycles. The minimum Gasteiger partial charge on any atom is -0.326 e. The van der Waals surface area contributed by atoms with Gasteiger partial charge in [-0.1, -0.05) is 24.3 Å². The highest BCUT2D eigenvalue weighted by molar-refractivity contribution is 5.91. The van der Waals surface area contributed by atoms with Crippen molar-refractivity contribution < 1.29 is 4.79 Å². The second-order valence-corrected chi connectivity index (χ2v) is 6.43. The van der Waals surface area contributed by atoms with Gasteiger partial charge >= 0.3 is 0 Å². The Balaban J connectivity index is 1.39. The van der Waals surface area contributed by atoms with Crippen LogP contribution < -0.4 is 5.32 Å². The van der Waals surface area contributed by atoms with Gasteiger partial charge in [-0.2, -0.15) is 5.10 Å². The quantitative estimate of drug-likeness (QED) is 0.561. The molecular weight excluding hydrogens is 354 g/mol. The summed E-state index contributed by atoms with van der Waals surface area (Å²) in [6.07, 6.45) is 6.25. The van der Waals surface area contributed by atoms with Crippen molar-refractivity contribution in [3.63, 3.8) is 0 Å². The molecule has 1 N–H and O–H groups in total. The maximum Gasteiger partial charge on any atom is 0.224 e. The van der Waals surface area contributed by atoms with Crippen LogP contribution in [0.15, 0.2) is 67.3 Å². The summed E-state index contributed by atoms with van der Waals surface area (Å²) >= 11 is 0. The van der Waals surface area contributed by atoms with Gasteiger partial charge in [0.1, 0.15) is 6.33 Å². The van der Waals surface area contributed by atoms with Crippen LogP contribution in [0.2, 0.25) is 0 Å². The second kappa shape index (κ2) is 7.83. The highest BCUT2D eigenvalue weighted by Gasteiger charge is 2.09. The monoisotopic (exact) mass is 373 g/mol. The molecule has 8 heteroatoms. The summed E-state index contributed by atoms with van der Waals surface area (Å²) in [6, 6.07) is 15.6. The van der Waals surface area contributed by atoms with Gasteiger partial charge in [0.2, 0.25) is 5.91 Å². The lowest BCUT2D eigenvalue weighted by Crippen LogP contribution is -2.13. The summed E-state index contributed by atoms with van der Waals surface area (Å²) in [5.41, 5.74) is 4.52. The molecule has 0 aliphatic heterocycles. The molecule has 140 valence electrons. The molecule has 2 heterocycles. The first-order chi connectivity index (χ1) is 13.7. The molecule has 0 unspecified atom stereocenters. The largest absolute Gasteiger partial charge is 0.326 e. The summed E-state index contributed by atoms with van der Waals surface area (Å²) in [5, 5.41) is 18.5. The van der Waals surface area contributed by atoms with Crippen LogP contribution in [0.1, 0.15) is 17.5 Å². The Labute approximate surface area is 161 Å². The summed E-state index contributed by atoms with van der Waals surface area (Å²) in [4.78, 5) is 12.4. The third-order valence-electron chi connectivity index (χ3n) is 4.41. The van der Waals surface area contributed by atoms with E-state index >= 15 is 0 Å². The number of nitrogens with zero attached hydrogens (tertiary/aromatic N) is 6. The van der Waals surface area contributed by atoms with Crippen LogP contribution in [0, 0.1) is 6.92 Å². The van der Waals surface area contributed by atoms with E-state index < -0.39 is 0 Å². The zero-order valence-corrected chi connectivity index (χ0v) is 15.4. The number of para-hydroxylation sites is 1. The lowest BCUT2D eigenvalue weighted by atomic mass is 10.1. The zero-order valence-electron chi connectivity index (χ0n) is 15.4. The minimum atomic E-state index is -0.0515. The van der Waals surface area contributed by atoms with Gasteiger partial charge in [0.15, 0.2) is 0 Å². The van der Waals surface area contributed by atoms with Crippen molar-refractivity contribution in [1.82, 2.24) is 30.0 Å². The Bertz CT molecular complexity index is 1070. The molecule has 1 amide bonds. The number of rotatable bonds is 6. The lowest BCUT2D eigenvalue weighted by Gasteiger charge is -2.10. The average Bonchev–Trinajstić information content (AvgIpc) is 3.41. The molecule has 2 aromatic carbocycles. The van der Waals surface area contributed by atoms with Gasteiger partial charge < -0.3 is 5.32 Å². The predicted octanol–water partition coefficient (Wildman–Crippen LogP) is 2.73. The van der Waals surface area contributed by atoms with Gasteiger partial charge in [-0.25, -0.2) is 9.36 Å². The van der Waals surface area contributed by atoms with Crippen molar-refractivity contribution in [2.24, 2.45) is 0 Å². The molecule has 0 spiro atoms. The fourth-order valence-corrected chi connectivity index (χ4v) is 2.85. The molecule has 0 radical (unpaired) electrons. The van der Waals surface area contributed by atoms with Crippen molar-refractivity contribution in [1.29, 1.82) is 0 Å². The van der Waals surface area contributed by atoms with E-state index in [2.05, 4.69) is 25.9 Å². The zero-order chi connectivity index (χ0) is 19.3. The van der Waals surface area contributed by atoms with E-state index in [4.69, 9.17) is 0 Å². The SMILES string of the molecule is Cc1ccc(-n2cnnn2)cc1NC(=O)CCc1cnn(-c2ccccc2)c1. The van der Waals surface area contributed by atoms with Gasteiger partial charge in [0.05, 0.1) is 17.6 Å². The fourth-order valence-electron chi connectivity index (χ4n) is 2.85. The van der Waals surface area contributed by atoms with E-state index in [-0.39, 0.29) is 5.91 Å². The van der Waals surface area contributed by atoms with Crippen LogP contribution in [-0.4, -0.2) is 35.9 Å². The third kappa shape index (κ3) is 3.96. The number of benzene rings is 2. The molecule has 28 heavy (non-hydrogen) atoms. The molecule has 0 bridgehead atoms. The van der Waals surface area contributed by atoms with E-state index in [1.165, 1.54) is 6.33 Å². The van der Waals surface area contributed by atoms with Crippen LogP contribution >= 0.6 is 0 Å². The standard InChI is InChI=1S/C20H19N7O/c1-15-7-9-18(27-14-21-24-25-27)11-19(15)23-20(28)10-8-16-12-22-26(13-16)17-5-3-2-4-6-17/h2-7,9,11-14H,8,10H2,1H3,(H,23,28). The molecular formula is C20H19N7O. The number of aromatic nitrogens is 6. The van der Waals surface area contributed by atoms with E-state index in [1.807, 2.05) is 66.3 Å². The fraction of sp³-hybridized carbons (Fsp3) is 0.150. The molecule has 8 nitrogen and oxygen atoms in total. The number of anilines is 1. The van der Waals surface area contributed by atoms with Crippen LogP contribution in [0.25, 0.3) is 11.4 Å². The number of hydrogen-bond acceptors (Lipinski definition) is 5. The summed E-state index contributed by atoms with van der Waals surface area (Å²) in [6.45, 7) is 1.95. The lowest BCUT2D eigenvalue weighted by molar-refractivity contribution is -0.116. The van der Waals surface area contributed by atoms with Gasteiger partial charge in [0, 0.05) is 18.3 Å². The first-order valence-corrected chi connectivity index (χ1v) is 8.92. The van der Waals surface area contributed by atoms with Gasteiger partial charge in [-0.3, -0.25) is 4.79 Å². The second-order valence-electron chi connectivity index (χ2n) is 6.43. The summed E-state index contributed by atoms with van der Waals surface area (Å²) in [7, 11) is 0. The minimum absolute atomic E-state index is 0.0515. The highest BCUT2D eigenvalue weighted by Crippen LogP contribution is 2.19. The van der Waals surface area contributed by atoms with E-state index in [0.717, 1.165) is 28.2 Å². The highest BCUT2D eigenvalue weighted by atomic mass is 16.1. The van der Waals surface area contributed by atoms with Gasteiger partial charge in [-0.15, -0.1) is 5.10 Å². The number of tetrazole rings is 1. The van der Waals surface area contributed by atoms with Crippen LogP contribution in [0.4, 0.5) is 5.69 Å². The van der Waals surface area contributed by atoms with E-state index in [0.29, 0.717) is 12.8 Å². The number of amides is 1. The number of nitrogens with one attached hydrogen (secondary N) is 1. The number of carbonyl (C=O) groups excluding carboxylic acids is 1. The van der Waals surface area contributed by atoms with Crippen LogP contribution in [0.3, 0.4) is 0 Å². The molecule has 0 atom stereocenters. The first-order valence-electron chi connectivity index (χ1n) is 8.92. The predicted molar refractivity (Wildman–Crippen MR) is 104 cm³/mol. The smallest absolute Gasteiger partial charge is 0.224 e. The number of hydrogen-bond donors (Lipinski definition) is 1. The van der Waals surface area contributed by atoms with Crippen molar-refractivity contribution in [3.8, 4) is 11.4 Å². The van der Waals surface area contributed by atoms with Crippen molar-refractivity contribution in [2.75, 3.05) is 5.32 Å². The van der Waals surface area contributed by atoms with E-state index in [9.17, 15) is 4.79 Å². The molecule has 0 saturated heterocycles. The normalized spacial score (nSPS) is 10.8. The van der Waals surface area contributed by atoms with Crippen LogP contribution in [-0.2, 0) is 11.2 Å². The molecule has 4 rings (SSSR count). The number of aryl methyl sites for hydroxylation is 2. The first kappa shape index (κ1) is 17.6. The Hall–Kier alpha value is -3.81. The maximum atomic E-state index is 12.4. The Kier molecular flexibility index (Phi) is 4.92. The Morgan fingerprint density at radius 3 is 2.71 bits per heavy atom. The molecule has 4 aromatic rings. The van der Waals surface area contributed by atoms with Gasteiger partial charge in [0.25, 0.3) is 0 Å². The van der Waals surface area contributed by atoms with Gasteiger partial charge in [-0.05, 0) is 59.2 Å². The Morgan fingerprint density at radius 2 is 1.93 bits per heavy atom. The van der Waals surface area contributed by atoms with Crippen molar-refractivity contribution >= 4 is 11.6 Å². The van der Waals surface area contributed by atoms with Crippen molar-refractivity contribution in [2.45, 2.75) is 19.8 Å². The number of carbonyl (C=O) groups is 1. The third-order valence-corrected chi connectivity index (χ3v) is 4.41. The van der Waals surface area contributed by atoms with Crippen LogP contribution in [0.5, 0.6) is 0 Å². The average molecular weight is 373 g/mol. The summed E-state index contributed by atoms with van der Waals surface area (Å²) in [5.74, 6) is -0.0515. The molecule has 0 aliphatic carbocycles. The van der Waals surface area contributed by atoms with E-state index in [1.54, 1.807) is 10.9 Å². The topological polar surface area (TPSA) is 90.5 Å². The molecule has 0 aliphatic rings. The maximum absolute atomic E-state index is 12.4. The Morgan fingerprint density at radius 1 is 1.07 bits per heavy atom. The van der Waals surface area contributed by atoms with Crippen molar-refractivity contribution in [3.05, 3.63) is 78.4 Å². The molecule has 2 aromatic heterocycles.